The molecule has 94 valence electrons. The van der Waals surface area contributed by atoms with E-state index in [-0.39, 0.29) is 13.0 Å². The van der Waals surface area contributed by atoms with Crippen molar-refractivity contribution in [2.45, 2.75) is 19.9 Å². The highest BCUT2D eigenvalue weighted by Gasteiger charge is 2.10. The fourth-order valence-electron chi connectivity index (χ4n) is 1.88. The van der Waals surface area contributed by atoms with Gasteiger partial charge in [0.05, 0.1) is 17.3 Å². The molecule has 0 radical (unpaired) electrons. The quantitative estimate of drug-likeness (QED) is 0.826. The Bertz CT molecular complexity index is 727. The molecule has 0 aliphatic rings. The van der Waals surface area contributed by atoms with Crippen molar-refractivity contribution in [3.8, 4) is 0 Å². The number of rotatable bonds is 3. The second-order valence-electron chi connectivity index (χ2n) is 4.03. The van der Waals surface area contributed by atoms with Crippen LogP contribution in [0.2, 0.25) is 0 Å². The third-order valence-electron chi connectivity index (χ3n) is 2.77. The first-order chi connectivity index (χ1) is 8.50. The van der Waals surface area contributed by atoms with Gasteiger partial charge in [-0.15, -0.1) is 0 Å². The molecule has 2 N–H and O–H groups in total. The van der Waals surface area contributed by atoms with Crippen molar-refractivity contribution >= 4 is 16.9 Å². The number of aromatic amines is 1. The summed E-state index contributed by atoms with van der Waals surface area (Å²) in [5.41, 5.74) is 0.182. The lowest BCUT2D eigenvalue weighted by molar-refractivity contribution is -0.137. The summed E-state index contributed by atoms with van der Waals surface area (Å²) in [6.45, 7) is 1.64. The van der Waals surface area contributed by atoms with Gasteiger partial charge in [0.2, 0.25) is 0 Å². The number of fused-ring (bicyclic) bond motifs is 1. The van der Waals surface area contributed by atoms with Crippen LogP contribution in [0.15, 0.2) is 27.8 Å². The molecule has 0 aliphatic heterocycles. The highest BCUT2D eigenvalue weighted by molar-refractivity contribution is 5.80. The Morgan fingerprint density at radius 2 is 2.11 bits per heavy atom. The van der Waals surface area contributed by atoms with Crippen molar-refractivity contribution in [3.63, 3.8) is 0 Å². The second kappa shape index (κ2) is 4.48. The topological polar surface area (TPSA) is 92.2 Å². The van der Waals surface area contributed by atoms with E-state index in [0.29, 0.717) is 10.9 Å². The van der Waals surface area contributed by atoms with E-state index in [1.165, 1.54) is 0 Å². The minimum absolute atomic E-state index is 0.131. The number of nitrogens with one attached hydrogen (secondary N) is 1. The Labute approximate surface area is 102 Å². The summed E-state index contributed by atoms with van der Waals surface area (Å²) in [4.78, 5) is 36.9. The lowest BCUT2D eigenvalue weighted by Crippen LogP contribution is -2.35. The van der Waals surface area contributed by atoms with Crippen LogP contribution in [0.5, 0.6) is 0 Å². The first-order valence-electron chi connectivity index (χ1n) is 5.45. The Kier molecular flexibility index (Phi) is 3.01. The minimum atomic E-state index is -1.05. The predicted molar refractivity (Wildman–Crippen MR) is 65.8 cm³/mol. The van der Waals surface area contributed by atoms with E-state index in [0.717, 1.165) is 10.1 Å². The van der Waals surface area contributed by atoms with E-state index >= 15 is 0 Å². The van der Waals surface area contributed by atoms with Gasteiger partial charge in [0.15, 0.2) is 0 Å². The fraction of sp³-hybridized carbons (Fsp3) is 0.250. The zero-order chi connectivity index (χ0) is 13.3. The zero-order valence-corrected chi connectivity index (χ0v) is 9.77. The molecule has 2 rings (SSSR count). The van der Waals surface area contributed by atoms with E-state index in [1.54, 1.807) is 25.1 Å². The minimum Gasteiger partial charge on any atom is -0.481 e. The van der Waals surface area contributed by atoms with Crippen molar-refractivity contribution < 1.29 is 9.90 Å². The lowest BCUT2D eigenvalue weighted by atomic mass is 10.1. The summed E-state index contributed by atoms with van der Waals surface area (Å²) in [5.74, 6) is -1.05. The van der Waals surface area contributed by atoms with E-state index < -0.39 is 17.2 Å². The van der Waals surface area contributed by atoms with Crippen molar-refractivity contribution in [2.24, 2.45) is 0 Å². The van der Waals surface area contributed by atoms with Gasteiger partial charge in [-0.3, -0.25) is 14.2 Å². The van der Waals surface area contributed by atoms with Crippen molar-refractivity contribution in [1.82, 2.24) is 9.55 Å². The van der Waals surface area contributed by atoms with Gasteiger partial charge in [-0.05, 0) is 18.6 Å². The van der Waals surface area contributed by atoms with Crippen LogP contribution in [-0.4, -0.2) is 20.6 Å². The van der Waals surface area contributed by atoms with Crippen LogP contribution < -0.4 is 11.2 Å². The molecule has 6 heteroatoms. The number of aliphatic carboxylic acids is 1. The molecule has 0 aliphatic carbocycles. The Morgan fingerprint density at radius 3 is 2.78 bits per heavy atom. The molecule has 6 nitrogen and oxygen atoms in total. The number of nitrogens with zero attached hydrogens (tertiary/aromatic N) is 1. The lowest BCUT2D eigenvalue weighted by Gasteiger charge is -2.06. The first kappa shape index (κ1) is 12.1. The van der Waals surface area contributed by atoms with Crippen molar-refractivity contribution in [3.05, 3.63) is 44.6 Å². The number of carbonyl (C=O) groups is 1. The summed E-state index contributed by atoms with van der Waals surface area (Å²) in [6, 6.07) is 5.16. The highest BCUT2D eigenvalue weighted by atomic mass is 16.4. The molecular formula is C12H12N2O4. The molecule has 1 aromatic heterocycles. The number of aromatic nitrogens is 2. The van der Waals surface area contributed by atoms with E-state index in [4.69, 9.17) is 5.11 Å². The maximum Gasteiger partial charge on any atom is 0.328 e. The zero-order valence-electron chi connectivity index (χ0n) is 9.77. The number of carboxylic acids is 1. The average molecular weight is 248 g/mol. The summed E-state index contributed by atoms with van der Waals surface area (Å²) in [5, 5.41) is 9.02. The van der Waals surface area contributed by atoms with Gasteiger partial charge >= 0.3 is 11.7 Å². The molecule has 0 amide bonds. The molecule has 0 saturated carbocycles. The molecule has 18 heavy (non-hydrogen) atoms. The summed E-state index contributed by atoms with van der Waals surface area (Å²) in [7, 11) is 0. The largest absolute Gasteiger partial charge is 0.481 e. The number of H-pyrrole nitrogens is 1. The maximum atomic E-state index is 12.1. The molecule has 2 aromatic rings. The normalized spacial score (nSPS) is 10.7. The van der Waals surface area contributed by atoms with Gasteiger partial charge in [-0.1, -0.05) is 12.1 Å². The van der Waals surface area contributed by atoms with Gasteiger partial charge in [-0.2, -0.15) is 0 Å². The average Bonchev–Trinajstić information content (AvgIpc) is 2.27. The Hall–Kier alpha value is -2.37. The summed E-state index contributed by atoms with van der Waals surface area (Å²) >= 11 is 0. The van der Waals surface area contributed by atoms with Crippen molar-refractivity contribution in [2.75, 3.05) is 0 Å². The van der Waals surface area contributed by atoms with Gasteiger partial charge < -0.3 is 10.1 Å². The van der Waals surface area contributed by atoms with Crippen LogP contribution in [0.1, 0.15) is 12.0 Å². The summed E-state index contributed by atoms with van der Waals surface area (Å²) < 4.78 is 0.920. The van der Waals surface area contributed by atoms with Crippen LogP contribution in [0.25, 0.3) is 10.9 Å². The van der Waals surface area contributed by atoms with Crippen LogP contribution in [0.3, 0.4) is 0 Å². The van der Waals surface area contributed by atoms with E-state index in [2.05, 4.69) is 4.98 Å². The smallest absolute Gasteiger partial charge is 0.328 e. The second-order valence-corrected chi connectivity index (χ2v) is 4.03. The van der Waals surface area contributed by atoms with Crippen LogP contribution >= 0.6 is 0 Å². The fourth-order valence-corrected chi connectivity index (χ4v) is 1.88. The standard InChI is InChI=1S/C12H12N2O4/c1-7-3-2-4-8-10(7)11(17)14(12(18)13-8)6-5-9(15)16/h2-4H,5-6H2,1H3,(H,13,18)(H,15,16). The number of hydrogen-bond donors (Lipinski definition) is 2. The highest BCUT2D eigenvalue weighted by Crippen LogP contribution is 2.09. The van der Waals surface area contributed by atoms with E-state index in [9.17, 15) is 14.4 Å². The molecule has 0 unspecified atom stereocenters. The predicted octanol–water partition coefficient (Wildman–Crippen LogP) is 0.473. The third-order valence-corrected chi connectivity index (χ3v) is 2.77. The molecule has 1 aromatic carbocycles. The first-order valence-corrected chi connectivity index (χ1v) is 5.45. The number of hydrogen-bond acceptors (Lipinski definition) is 3. The van der Waals surface area contributed by atoms with Gasteiger partial charge in [0, 0.05) is 6.54 Å². The molecular weight excluding hydrogens is 236 g/mol. The molecule has 0 saturated heterocycles. The van der Waals surface area contributed by atoms with Crippen LogP contribution in [-0.2, 0) is 11.3 Å². The van der Waals surface area contributed by atoms with E-state index in [1.807, 2.05) is 0 Å². The Balaban J connectivity index is 2.68. The molecule has 0 fully saturated rings. The Morgan fingerprint density at radius 1 is 1.39 bits per heavy atom. The molecule has 0 bridgehead atoms. The van der Waals surface area contributed by atoms with Crippen LogP contribution in [0, 0.1) is 6.92 Å². The van der Waals surface area contributed by atoms with Gasteiger partial charge in [0.1, 0.15) is 0 Å². The van der Waals surface area contributed by atoms with Gasteiger partial charge in [-0.25, -0.2) is 4.79 Å². The monoisotopic (exact) mass is 248 g/mol. The molecule has 1 heterocycles. The summed E-state index contributed by atoms with van der Waals surface area (Å²) in [6.07, 6.45) is -0.264. The SMILES string of the molecule is Cc1cccc2[nH]c(=O)n(CCC(=O)O)c(=O)c12. The third kappa shape index (κ3) is 2.04. The number of aryl methyl sites for hydroxylation is 1. The van der Waals surface area contributed by atoms with Crippen LogP contribution in [0.4, 0.5) is 0 Å². The molecule has 0 atom stereocenters. The maximum absolute atomic E-state index is 12.1. The van der Waals surface area contributed by atoms with Crippen molar-refractivity contribution in [1.29, 1.82) is 0 Å². The molecule has 0 spiro atoms. The van der Waals surface area contributed by atoms with Gasteiger partial charge in [0.25, 0.3) is 5.56 Å². The number of benzene rings is 1. The number of carboxylic acid groups (broad SMARTS) is 1.